The Labute approximate surface area is 195 Å². The number of piperidine rings is 1. The van der Waals surface area contributed by atoms with E-state index in [9.17, 15) is 18.5 Å². The van der Waals surface area contributed by atoms with Crippen LogP contribution >= 0.6 is 0 Å². The quantitative estimate of drug-likeness (QED) is 0.583. The number of fused-ring (bicyclic) bond motifs is 3. The smallest absolute Gasteiger partial charge is 0.319 e. The summed E-state index contributed by atoms with van der Waals surface area (Å²) in [5.74, 6) is -0.856. The van der Waals surface area contributed by atoms with Gasteiger partial charge in [0.15, 0.2) is 0 Å². The lowest BCUT2D eigenvalue weighted by atomic mass is 9.91. The van der Waals surface area contributed by atoms with E-state index in [0.29, 0.717) is 60.7 Å². The molecule has 2 N–H and O–H groups in total. The maximum absolute atomic E-state index is 15.1. The van der Waals surface area contributed by atoms with Gasteiger partial charge in [-0.1, -0.05) is 0 Å². The minimum atomic E-state index is -4.22. The molecule has 0 bridgehead atoms. The third-order valence-corrected chi connectivity index (χ3v) is 8.14. The number of rotatable bonds is 4. The topological polar surface area (TPSA) is 135 Å². The van der Waals surface area contributed by atoms with Crippen molar-refractivity contribution in [1.82, 2.24) is 29.5 Å². The van der Waals surface area contributed by atoms with Gasteiger partial charge in [-0.15, -0.1) is 0 Å². The number of aromatic nitrogens is 3. The van der Waals surface area contributed by atoms with Gasteiger partial charge in [-0.3, -0.25) is 0 Å². The fourth-order valence-corrected chi connectivity index (χ4v) is 6.03. The maximum Gasteiger partial charge on any atom is 0.319 e. The van der Waals surface area contributed by atoms with E-state index < -0.39 is 26.3 Å². The molecule has 34 heavy (non-hydrogen) atoms. The number of likely N-dealkylation sites (tertiary alicyclic amines) is 1. The molecule has 5 rings (SSSR count). The molecule has 0 spiro atoms. The largest absolute Gasteiger partial charge is 0.339 e. The van der Waals surface area contributed by atoms with Gasteiger partial charge in [0.1, 0.15) is 28.2 Å². The van der Waals surface area contributed by atoms with Crippen LogP contribution in [0, 0.1) is 17.1 Å². The number of hydrogen-bond acceptors (Lipinski definition) is 6. The van der Waals surface area contributed by atoms with Crippen LogP contribution in [0.4, 0.5) is 9.18 Å². The first-order chi connectivity index (χ1) is 16.1. The Morgan fingerprint density at radius 1 is 1.29 bits per heavy atom. The second-order valence-corrected chi connectivity index (χ2v) is 10.8. The maximum atomic E-state index is 15.1. The molecule has 178 valence electrons. The Kier molecular flexibility index (Phi) is 5.22. The highest BCUT2D eigenvalue weighted by Crippen LogP contribution is 2.38. The molecule has 2 fully saturated rings. The summed E-state index contributed by atoms with van der Waals surface area (Å²) in [6, 6.07) is 4.34. The molecule has 0 unspecified atom stereocenters. The predicted octanol–water partition coefficient (Wildman–Crippen LogP) is 2.45. The first kappa shape index (κ1) is 22.5. The van der Waals surface area contributed by atoms with Gasteiger partial charge in [0.2, 0.25) is 10.0 Å². The second-order valence-electron chi connectivity index (χ2n) is 9.17. The minimum Gasteiger partial charge on any atom is -0.339 e. The number of aromatic amines is 1. The van der Waals surface area contributed by atoms with Gasteiger partial charge in [0, 0.05) is 49.4 Å². The van der Waals surface area contributed by atoms with Gasteiger partial charge >= 0.3 is 6.03 Å². The third kappa shape index (κ3) is 3.74. The zero-order valence-corrected chi connectivity index (χ0v) is 19.6. The van der Waals surface area contributed by atoms with E-state index in [1.54, 1.807) is 23.9 Å². The van der Waals surface area contributed by atoms with Crippen molar-refractivity contribution >= 4 is 38.0 Å². The molecule has 3 heterocycles. The van der Waals surface area contributed by atoms with Crippen molar-refractivity contribution in [1.29, 1.82) is 5.26 Å². The number of urea groups is 1. The first-order valence-corrected chi connectivity index (χ1v) is 12.5. The summed E-state index contributed by atoms with van der Waals surface area (Å²) in [5.41, 5.74) is 0.509. The van der Waals surface area contributed by atoms with Crippen molar-refractivity contribution in [3.63, 3.8) is 0 Å². The van der Waals surface area contributed by atoms with E-state index >= 15 is 4.39 Å². The van der Waals surface area contributed by atoms with Crippen LogP contribution in [-0.2, 0) is 10.0 Å². The number of nitriles is 1. The standard InChI is InChI=1S/C22H24FN7O3S/c1-29(2)21(31)30-7-3-13(4-8-30)19-18-14-9-15(23)17(10-16(14)27-20(18)26-12-25-19)34(32,33)28-22(11-24)5-6-22/h9-10,12-13,28H,3-8H2,1-2H3,(H,25,26,27). The van der Waals surface area contributed by atoms with Crippen LogP contribution in [0.15, 0.2) is 23.4 Å². The van der Waals surface area contributed by atoms with Crippen LogP contribution in [-0.4, -0.2) is 71.9 Å². The number of halogens is 1. The lowest BCUT2D eigenvalue weighted by Crippen LogP contribution is -2.43. The Balaban J connectivity index is 1.51. The van der Waals surface area contributed by atoms with Crippen molar-refractivity contribution in [3.8, 4) is 6.07 Å². The highest BCUT2D eigenvalue weighted by Gasteiger charge is 2.47. The van der Waals surface area contributed by atoms with Gasteiger partial charge in [-0.25, -0.2) is 27.6 Å². The van der Waals surface area contributed by atoms with E-state index in [4.69, 9.17) is 0 Å². The third-order valence-electron chi connectivity index (χ3n) is 6.59. The van der Waals surface area contributed by atoms with Gasteiger partial charge in [-0.05, 0) is 37.8 Å². The molecule has 1 aromatic carbocycles. The predicted molar refractivity (Wildman–Crippen MR) is 122 cm³/mol. The second kappa shape index (κ2) is 7.89. The van der Waals surface area contributed by atoms with Crippen LogP contribution in [0.5, 0.6) is 0 Å². The number of hydrogen-bond donors (Lipinski definition) is 2. The lowest BCUT2D eigenvalue weighted by Gasteiger charge is -2.33. The zero-order valence-electron chi connectivity index (χ0n) is 18.8. The van der Waals surface area contributed by atoms with Crippen LogP contribution in [0.1, 0.15) is 37.3 Å². The summed E-state index contributed by atoms with van der Waals surface area (Å²) >= 11 is 0. The summed E-state index contributed by atoms with van der Waals surface area (Å²) in [6.45, 7) is 1.16. The molecule has 2 aliphatic rings. The summed E-state index contributed by atoms with van der Waals surface area (Å²) < 4.78 is 43.0. The SMILES string of the molecule is CN(C)C(=O)N1CCC(c2ncnc3[nH]c4cc(S(=O)(=O)NC5(C#N)CC5)c(F)cc4c23)CC1. The van der Waals surface area contributed by atoms with Crippen molar-refractivity contribution < 1.29 is 17.6 Å². The zero-order chi connectivity index (χ0) is 24.3. The molecule has 1 saturated heterocycles. The summed E-state index contributed by atoms with van der Waals surface area (Å²) in [6.07, 6.45) is 3.64. The number of H-pyrrole nitrogens is 1. The van der Waals surface area contributed by atoms with Crippen molar-refractivity contribution in [2.45, 2.75) is 42.0 Å². The summed E-state index contributed by atoms with van der Waals surface area (Å²) in [4.78, 5) is 26.9. The van der Waals surface area contributed by atoms with E-state index in [1.165, 1.54) is 18.5 Å². The molecule has 2 aromatic heterocycles. The van der Waals surface area contributed by atoms with Crippen LogP contribution in [0.25, 0.3) is 21.9 Å². The molecular formula is C22H24FN7O3S. The fraction of sp³-hybridized carbons (Fsp3) is 0.455. The average molecular weight is 486 g/mol. The number of amides is 2. The van der Waals surface area contributed by atoms with Crippen LogP contribution in [0.2, 0.25) is 0 Å². The van der Waals surface area contributed by atoms with Gasteiger partial charge in [0.25, 0.3) is 0 Å². The fourth-order valence-electron chi connectivity index (χ4n) is 4.57. The molecular weight excluding hydrogens is 461 g/mol. The van der Waals surface area contributed by atoms with E-state index in [-0.39, 0.29) is 11.9 Å². The van der Waals surface area contributed by atoms with Gasteiger partial charge in [-0.2, -0.15) is 9.98 Å². The highest BCUT2D eigenvalue weighted by atomic mass is 32.2. The normalized spacial score (nSPS) is 18.2. The number of carbonyl (C=O) groups excluding carboxylic acids is 1. The van der Waals surface area contributed by atoms with Gasteiger partial charge in [0.05, 0.1) is 11.8 Å². The minimum absolute atomic E-state index is 0.0350. The molecule has 2 amide bonds. The molecule has 0 atom stereocenters. The molecule has 0 radical (unpaired) electrons. The van der Waals surface area contributed by atoms with Crippen molar-refractivity contribution in [2.24, 2.45) is 0 Å². The van der Waals surface area contributed by atoms with Crippen LogP contribution in [0.3, 0.4) is 0 Å². The number of carbonyl (C=O) groups is 1. The Morgan fingerprint density at radius 2 is 2.00 bits per heavy atom. The van der Waals surface area contributed by atoms with E-state index in [2.05, 4.69) is 19.7 Å². The number of benzene rings is 1. The van der Waals surface area contributed by atoms with Gasteiger partial charge < -0.3 is 14.8 Å². The van der Waals surface area contributed by atoms with Crippen LogP contribution < -0.4 is 4.72 Å². The molecule has 1 aliphatic heterocycles. The molecule has 1 saturated carbocycles. The number of sulfonamides is 1. The highest BCUT2D eigenvalue weighted by molar-refractivity contribution is 7.89. The van der Waals surface area contributed by atoms with Crippen molar-refractivity contribution in [2.75, 3.05) is 27.2 Å². The average Bonchev–Trinajstić information content (AvgIpc) is 3.48. The number of nitrogens with one attached hydrogen (secondary N) is 2. The lowest BCUT2D eigenvalue weighted by molar-refractivity contribution is 0.156. The van der Waals surface area contributed by atoms with E-state index in [0.717, 1.165) is 5.69 Å². The molecule has 1 aliphatic carbocycles. The monoisotopic (exact) mass is 485 g/mol. The molecule has 12 heteroatoms. The van der Waals surface area contributed by atoms with Crippen molar-refractivity contribution in [3.05, 3.63) is 30.0 Å². The Morgan fingerprint density at radius 3 is 2.62 bits per heavy atom. The molecule has 3 aromatic rings. The first-order valence-electron chi connectivity index (χ1n) is 11.0. The Hall–Kier alpha value is -3.30. The summed E-state index contributed by atoms with van der Waals surface area (Å²) in [5, 5.41) is 10.4. The molecule has 10 nitrogen and oxygen atoms in total. The van der Waals surface area contributed by atoms with E-state index in [1.807, 2.05) is 6.07 Å². The number of nitrogens with zero attached hydrogens (tertiary/aromatic N) is 5. The summed E-state index contributed by atoms with van der Waals surface area (Å²) in [7, 11) is -0.784. The Bertz CT molecular complexity index is 1450.